The monoisotopic (exact) mass is 201 g/mol. The number of phenols is 2. The molecule has 0 fully saturated rings. The molecule has 0 saturated carbocycles. The van der Waals surface area contributed by atoms with Crippen LogP contribution < -0.4 is 5.73 Å². The van der Waals surface area contributed by atoms with Crippen LogP contribution in [0.5, 0.6) is 11.5 Å². The van der Waals surface area contributed by atoms with Crippen molar-refractivity contribution in [2.75, 3.05) is 5.73 Å². The van der Waals surface area contributed by atoms with Crippen molar-refractivity contribution in [1.29, 1.82) is 0 Å². The van der Waals surface area contributed by atoms with E-state index in [1.807, 2.05) is 6.07 Å². The minimum Gasteiger partial charge on any atom is -0.508 e. The number of hydrogen-bond acceptors (Lipinski definition) is 3. The van der Waals surface area contributed by atoms with E-state index in [1.165, 1.54) is 6.07 Å². The smallest absolute Gasteiger partial charge is 0.138 e. The predicted octanol–water partition coefficient (Wildman–Crippen LogP) is 2.35. The number of phenolic OH excluding ortho intramolecular Hbond substituents is 2. The van der Waals surface area contributed by atoms with Crippen LogP contribution in [0.1, 0.15) is 0 Å². The van der Waals surface area contributed by atoms with Gasteiger partial charge in [0.05, 0.1) is 5.69 Å². The highest BCUT2D eigenvalue weighted by atomic mass is 16.3. The summed E-state index contributed by atoms with van der Waals surface area (Å²) in [6.45, 7) is 0. The third kappa shape index (κ3) is 1.86. The Hall–Kier alpha value is -2.16. The molecule has 0 atom stereocenters. The second-order valence-electron chi connectivity index (χ2n) is 3.32. The van der Waals surface area contributed by atoms with E-state index >= 15 is 0 Å². The Bertz CT molecular complexity index is 495. The van der Waals surface area contributed by atoms with Crippen LogP contribution in [0.15, 0.2) is 42.5 Å². The fourth-order valence-electron chi connectivity index (χ4n) is 1.42. The topological polar surface area (TPSA) is 66.5 Å². The molecule has 0 bridgehead atoms. The lowest BCUT2D eigenvalue weighted by Gasteiger charge is -2.04. The first kappa shape index (κ1) is 9.40. The van der Waals surface area contributed by atoms with Crippen molar-refractivity contribution in [1.82, 2.24) is 0 Å². The molecular formula is C12H11NO2. The number of benzene rings is 2. The number of rotatable bonds is 1. The maximum absolute atomic E-state index is 9.32. The molecule has 2 aromatic rings. The number of aromatic hydroxyl groups is 2. The Morgan fingerprint density at radius 3 is 2.27 bits per heavy atom. The lowest BCUT2D eigenvalue weighted by molar-refractivity contribution is 0.475. The van der Waals surface area contributed by atoms with Crippen LogP contribution in [-0.4, -0.2) is 10.2 Å². The zero-order chi connectivity index (χ0) is 10.8. The van der Waals surface area contributed by atoms with E-state index in [0.717, 1.165) is 11.1 Å². The third-order valence-corrected chi connectivity index (χ3v) is 2.21. The summed E-state index contributed by atoms with van der Waals surface area (Å²) in [5, 5.41) is 18.6. The Morgan fingerprint density at radius 2 is 1.60 bits per heavy atom. The number of nitrogen functional groups attached to an aromatic ring is 1. The summed E-state index contributed by atoms with van der Waals surface area (Å²) in [4.78, 5) is 0. The molecule has 0 aliphatic heterocycles. The molecule has 15 heavy (non-hydrogen) atoms. The minimum atomic E-state index is 0.0684. The highest BCUT2D eigenvalue weighted by molar-refractivity contribution is 5.71. The van der Waals surface area contributed by atoms with E-state index in [4.69, 9.17) is 5.73 Å². The normalized spacial score (nSPS) is 10.1. The van der Waals surface area contributed by atoms with E-state index in [-0.39, 0.29) is 11.5 Å². The van der Waals surface area contributed by atoms with Crippen molar-refractivity contribution in [3.63, 3.8) is 0 Å². The zero-order valence-corrected chi connectivity index (χ0v) is 8.01. The SMILES string of the molecule is Nc1cc(-c2cccc(O)c2)ccc1O. The lowest BCUT2D eigenvalue weighted by Crippen LogP contribution is -1.86. The van der Waals surface area contributed by atoms with Gasteiger partial charge in [0, 0.05) is 0 Å². The molecular weight excluding hydrogens is 190 g/mol. The maximum atomic E-state index is 9.32. The largest absolute Gasteiger partial charge is 0.508 e. The van der Waals surface area contributed by atoms with Crippen LogP contribution in [0.25, 0.3) is 11.1 Å². The molecule has 3 nitrogen and oxygen atoms in total. The first-order valence-electron chi connectivity index (χ1n) is 4.55. The average Bonchev–Trinajstić information content (AvgIpc) is 2.22. The zero-order valence-electron chi connectivity index (χ0n) is 8.01. The van der Waals surface area contributed by atoms with Gasteiger partial charge in [-0.25, -0.2) is 0 Å². The number of hydrogen-bond donors (Lipinski definition) is 3. The molecule has 0 heterocycles. The van der Waals surface area contributed by atoms with Crippen LogP contribution in [0.4, 0.5) is 5.69 Å². The van der Waals surface area contributed by atoms with Gasteiger partial charge in [-0.2, -0.15) is 0 Å². The molecule has 4 N–H and O–H groups in total. The van der Waals surface area contributed by atoms with Gasteiger partial charge in [0.25, 0.3) is 0 Å². The summed E-state index contributed by atoms with van der Waals surface area (Å²) in [5.41, 5.74) is 7.64. The van der Waals surface area contributed by atoms with Gasteiger partial charge in [0.15, 0.2) is 0 Å². The maximum Gasteiger partial charge on any atom is 0.138 e. The van der Waals surface area contributed by atoms with Gasteiger partial charge >= 0.3 is 0 Å². The van der Waals surface area contributed by atoms with Gasteiger partial charge in [0.2, 0.25) is 0 Å². The molecule has 2 rings (SSSR count). The minimum absolute atomic E-state index is 0.0684. The number of nitrogens with two attached hydrogens (primary N) is 1. The molecule has 0 amide bonds. The molecule has 76 valence electrons. The van der Waals surface area contributed by atoms with E-state index in [1.54, 1.807) is 30.3 Å². The fraction of sp³-hybridized carbons (Fsp3) is 0. The summed E-state index contributed by atoms with van der Waals surface area (Å²) in [6, 6.07) is 11.8. The molecule has 0 spiro atoms. The van der Waals surface area contributed by atoms with Crippen molar-refractivity contribution in [2.24, 2.45) is 0 Å². The molecule has 0 radical (unpaired) electrons. The van der Waals surface area contributed by atoms with Crippen LogP contribution in [-0.2, 0) is 0 Å². The van der Waals surface area contributed by atoms with Crippen molar-refractivity contribution in [3.05, 3.63) is 42.5 Å². The molecule has 0 aliphatic rings. The molecule has 3 heteroatoms. The number of anilines is 1. The van der Waals surface area contributed by atoms with E-state index in [0.29, 0.717) is 5.69 Å². The van der Waals surface area contributed by atoms with Gasteiger partial charge < -0.3 is 15.9 Å². The summed E-state index contributed by atoms with van der Waals surface area (Å²) in [5.74, 6) is 0.276. The van der Waals surface area contributed by atoms with E-state index in [2.05, 4.69) is 0 Å². The molecule has 0 aromatic heterocycles. The van der Waals surface area contributed by atoms with Crippen LogP contribution in [0.3, 0.4) is 0 Å². The Balaban J connectivity index is 2.50. The predicted molar refractivity (Wildman–Crippen MR) is 59.6 cm³/mol. The lowest BCUT2D eigenvalue weighted by atomic mass is 10.0. The second-order valence-corrected chi connectivity index (χ2v) is 3.32. The first-order chi connectivity index (χ1) is 7.16. The van der Waals surface area contributed by atoms with Gasteiger partial charge in [-0.15, -0.1) is 0 Å². The van der Waals surface area contributed by atoms with Crippen LogP contribution in [0, 0.1) is 0 Å². The quantitative estimate of drug-likeness (QED) is 0.490. The Labute approximate surface area is 87.4 Å². The summed E-state index contributed by atoms with van der Waals surface area (Å²) < 4.78 is 0. The average molecular weight is 201 g/mol. The standard InChI is InChI=1S/C12H11NO2/c13-11-7-9(4-5-12(11)15)8-2-1-3-10(14)6-8/h1-7,14-15H,13H2. The van der Waals surface area contributed by atoms with Gasteiger partial charge in [-0.1, -0.05) is 18.2 Å². The highest BCUT2D eigenvalue weighted by Crippen LogP contribution is 2.28. The van der Waals surface area contributed by atoms with Crippen molar-refractivity contribution < 1.29 is 10.2 Å². The summed E-state index contributed by atoms with van der Waals surface area (Å²) in [7, 11) is 0. The summed E-state index contributed by atoms with van der Waals surface area (Å²) >= 11 is 0. The first-order valence-corrected chi connectivity index (χ1v) is 4.55. The van der Waals surface area contributed by atoms with Crippen LogP contribution in [0.2, 0.25) is 0 Å². The summed E-state index contributed by atoms with van der Waals surface area (Å²) in [6.07, 6.45) is 0. The molecule has 0 unspecified atom stereocenters. The van der Waals surface area contributed by atoms with Crippen molar-refractivity contribution in [3.8, 4) is 22.6 Å². The Kier molecular flexibility index (Phi) is 2.21. The van der Waals surface area contributed by atoms with Crippen molar-refractivity contribution >= 4 is 5.69 Å². The Morgan fingerprint density at radius 1 is 0.867 bits per heavy atom. The second kappa shape index (κ2) is 3.53. The van der Waals surface area contributed by atoms with Gasteiger partial charge in [-0.3, -0.25) is 0 Å². The third-order valence-electron chi connectivity index (χ3n) is 2.21. The molecule has 2 aromatic carbocycles. The van der Waals surface area contributed by atoms with E-state index in [9.17, 15) is 10.2 Å². The molecule has 0 aliphatic carbocycles. The van der Waals surface area contributed by atoms with E-state index < -0.39 is 0 Å². The van der Waals surface area contributed by atoms with Crippen molar-refractivity contribution in [2.45, 2.75) is 0 Å². The van der Waals surface area contributed by atoms with Gasteiger partial charge in [-0.05, 0) is 35.4 Å². The van der Waals surface area contributed by atoms with Gasteiger partial charge in [0.1, 0.15) is 11.5 Å². The molecule has 0 saturated heterocycles. The highest BCUT2D eigenvalue weighted by Gasteiger charge is 2.01. The fourth-order valence-corrected chi connectivity index (χ4v) is 1.42. The van der Waals surface area contributed by atoms with Crippen LogP contribution >= 0.6 is 0 Å².